The van der Waals surface area contributed by atoms with Gasteiger partial charge < -0.3 is 5.32 Å². The van der Waals surface area contributed by atoms with E-state index in [1.165, 1.54) is 31.5 Å². The topological polar surface area (TPSA) is 28.2 Å². The Morgan fingerprint density at radius 2 is 2.11 bits per heavy atom. The smallest absolute Gasteiger partial charge is 0.0312 e. The number of halogens is 3. The molecule has 0 aliphatic carbocycles. The van der Waals surface area contributed by atoms with E-state index in [2.05, 4.69) is 21.3 Å². The summed E-state index contributed by atoms with van der Waals surface area (Å²) in [6, 6.07) is 5.71. The molecule has 18 heavy (non-hydrogen) atoms. The van der Waals surface area contributed by atoms with Gasteiger partial charge >= 0.3 is 0 Å². The number of nitrogens with zero attached hydrogens (tertiary/aromatic N) is 2. The first kappa shape index (κ1) is 17.9. The summed E-state index contributed by atoms with van der Waals surface area (Å²) in [4.78, 5) is 6.77. The van der Waals surface area contributed by atoms with E-state index in [9.17, 15) is 0 Å². The minimum absolute atomic E-state index is 0. The highest BCUT2D eigenvalue weighted by Crippen LogP contribution is 2.26. The van der Waals surface area contributed by atoms with Gasteiger partial charge in [0.25, 0.3) is 0 Å². The zero-order chi connectivity index (χ0) is 10.1. The SMILES string of the molecule is Cl.Cl.Cl.c1cncc(CN2CC[C@H]3NCC[C@@H]32)c1. The predicted molar refractivity (Wildman–Crippen MR) is 81.2 cm³/mol. The first-order chi connectivity index (χ1) is 7.43. The maximum atomic E-state index is 4.17. The predicted octanol–water partition coefficient (Wildman–Crippen LogP) is 2.28. The van der Waals surface area contributed by atoms with Gasteiger partial charge in [0.05, 0.1) is 0 Å². The van der Waals surface area contributed by atoms with Crippen molar-refractivity contribution in [1.29, 1.82) is 0 Å². The zero-order valence-corrected chi connectivity index (χ0v) is 12.6. The van der Waals surface area contributed by atoms with Gasteiger partial charge in [-0.05, 0) is 31.0 Å². The Kier molecular flexibility index (Phi) is 8.15. The molecule has 0 aromatic carbocycles. The van der Waals surface area contributed by atoms with Crippen LogP contribution in [0.2, 0.25) is 0 Å². The summed E-state index contributed by atoms with van der Waals surface area (Å²) in [5, 5.41) is 3.58. The van der Waals surface area contributed by atoms with Crippen LogP contribution < -0.4 is 5.32 Å². The molecule has 1 N–H and O–H groups in total. The van der Waals surface area contributed by atoms with Gasteiger partial charge in [0, 0.05) is 37.6 Å². The van der Waals surface area contributed by atoms with Crippen LogP contribution in [0.1, 0.15) is 18.4 Å². The summed E-state index contributed by atoms with van der Waals surface area (Å²) in [7, 11) is 0. The Morgan fingerprint density at radius 3 is 2.83 bits per heavy atom. The average Bonchev–Trinajstić information content (AvgIpc) is 2.85. The van der Waals surface area contributed by atoms with Crippen LogP contribution in [0.4, 0.5) is 0 Å². The van der Waals surface area contributed by atoms with Crippen molar-refractivity contribution >= 4 is 37.2 Å². The molecule has 3 heterocycles. The lowest BCUT2D eigenvalue weighted by atomic mass is 10.1. The normalized spacial score (nSPS) is 25.6. The van der Waals surface area contributed by atoms with Gasteiger partial charge in [-0.1, -0.05) is 6.07 Å². The summed E-state index contributed by atoms with van der Waals surface area (Å²) in [5.41, 5.74) is 1.34. The Balaban J connectivity index is 0.000000963. The van der Waals surface area contributed by atoms with Crippen molar-refractivity contribution < 1.29 is 0 Å². The van der Waals surface area contributed by atoms with Crippen LogP contribution in [0.3, 0.4) is 0 Å². The van der Waals surface area contributed by atoms with Crippen LogP contribution in [0.15, 0.2) is 24.5 Å². The van der Waals surface area contributed by atoms with E-state index in [-0.39, 0.29) is 37.2 Å². The van der Waals surface area contributed by atoms with Crippen LogP contribution >= 0.6 is 37.2 Å². The van der Waals surface area contributed by atoms with Crippen LogP contribution in [0, 0.1) is 0 Å². The second-order valence-corrected chi connectivity index (χ2v) is 4.54. The van der Waals surface area contributed by atoms with E-state index in [1.54, 1.807) is 0 Å². The maximum Gasteiger partial charge on any atom is 0.0312 e. The van der Waals surface area contributed by atoms with Crippen LogP contribution in [-0.2, 0) is 6.54 Å². The highest BCUT2D eigenvalue weighted by molar-refractivity contribution is 5.86. The summed E-state index contributed by atoms with van der Waals surface area (Å²) >= 11 is 0. The first-order valence-electron chi connectivity index (χ1n) is 5.80. The Labute approximate surface area is 127 Å². The molecule has 2 fully saturated rings. The molecule has 0 bridgehead atoms. The second-order valence-electron chi connectivity index (χ2n) is 4.54. The standard InChI is InChI=1S/C12H17N3.3ClH/c1-2-10(8-13-5-1)9-15-7-4-11-12(15)3-6-14-11;;;/h1-2,5,8,11-12,14H,3-4,6-7,9H2;3*1H/t11-,12+;;;/m1.../s1. The molecule has 1 aromatic rings. The van der Waals surface area contributed by atoms with E-state index in [1.807, 2.05) is 18.5 Å². The number of rotatable bonds is 2. The number of hydrogen-bond acceptors (Lipinski definition) is 3. The van der Waals surface area contributed by atoms with Crippen LogP contribution in [0.5, 0.6) is 0 Å². The lowest BCUT2D eigenvalue weighted by Crippen LogP contribution is -2.33. The fraction of sp³-hybridized carbons (Fsp3) is 0.583. The Hall–Kier alpha value is -0.0600. The largest absolute Gasteiger partial charge is 0.312 e. The quantitative estimate of drug-likeness (QED) is 0.908. The summed E-state index contributed by atoms with van der Waals surface area (Å²) in [5.74, 6) is 0. The molecule has 6 heteroatoms. The Bertz CT molecular complexity index is 337. The van der Waals surface area contributed by atoms with Crippen LogP contribution in [0.25, 0.3) is 0 Å². The highest BCUT2D eigenvalue weighted by Gasteiger charge is 2.36. The minimum Gasteiger partial charge on any atom is -0.312 e. The molecule has 3 nitrogen and oxygen atoms in total. The molecule has 2 aliphatic heterocycles. The fourth-order valence-corrected chi connectivity index (χ4v) is 2.88. The number of nitrogens with one attached hydrogen (secondary N) is 1. The highest BCUT2D eigenvalue weighted by atomic mass is 35.5. The number of aromatic nitrogens is 1. The zero-order valence-electron chi connectivity index (χ0n) is 10.1. The molecule has 0 amide bonds. The fourth-order valence-electron chi connectivity index (χ4n) is 2.88. The molecular formula is C12H20Cl3N3. The van der Waals surface area contributed by atoms with Gasteiger partial charge in [-0.15, -0.1) is 37.2 Å². The third kappa shape index (κ3) is 3.72. The van der Waals surface area contributed by atoms with E-state index in [0.717, 1.165) is 18.6 Å². The molecule has 0 unspecified atom stereocenters. The van der Waals surface area contributed by atoms with Crippen molar-refractivity contribution in [2.24, 2.45) is 0 Å². The molecule has 104 valence electrons. The average molecular weight is 313 g/mol. The van der Waals surface area contributed by atoms with Gasteiger partial charge in [-0.2, -0.15) is 0 Å². The molecule has 0 saturated carbocycles. The van der Waals surface area contributed by atoms with Crippen molar-refractivity contribution in [3.63, 3.8) is 0 Å². The number of likely N-dealkylation sites (tertiary alicyclic amines) is 1. The Morgan fingerprint density at radius 1 is 1.28 bits per heavy atom. The first-order valence-corrected chi connectivity index (χ1v) is 5.80. The number of pyridine rings is 1. The molecule has 3 rings (SSSR count). The number of hydrogen-bond donors (Lipinski definition) is 1. The van der Waals surface area contributed by atoms with Gasteiger partial charge in [-0.25, -0.2) is 0 Å². The second kappa shape index (κ2) is 8.18. The third-order valence-corrected chi connectivity index (χ3v) is 3.62. The maximum absolute atomic E-state index is 4.17. The molecule has 2 saturated heterocycles. The van der Waals surface area contributed by atoms with Gasteiger partial charge in [0.15, 0.2) is 0 Å². The van der Waals surface area contributed by atoms with Crippen molar-refractivity contribution in [3.05, 3.63) is 30.1 Å². The lowest BCUT2D eigenvalue weighted by Gasteiger charge is -2.22. The van der Waals surface area contributed by atoms with Crippen molar-refractivity contribution in [2.45, 2.75) is 31.5 Å². The van der Waals surface area contributed by atoms with Gasteiger partial charge in [0.2, 0.25) is 0 Å². The van der Waals surface area contributed by atoms with Crippen molar-refractivity contribution in [2.75, 3.05) is 13.1 Å². The van der Waals surface area contributed by atoms with Crippen LogP contribution in [-0.4, -0.2) is 35.1 Å². The molecule has 1 aromatic heterocycles. The van der Waals surface area contributed by atoms with E-state index in [0.29, 0.717) is 0 Å². The van der Waals surface area contributed by atoms with E-state index >= 15 is 0 Å². The third-order valence-electron chi connectivity index (χ3n) is 3.62. The summed E-state index contributed by atoms with van der Waals surface area (Å²) in [6.07, 6.45) is 6.44. The minimum atomic E-state index is 0. The monoisotopic (exact) mass is 311 g/mol. The summed E-state index contributed by atoms with van der Waals surface area (Å²) < 4.78 is 0. The van der Waals surface area contributed by atoms with Crippen molar-refractivity contribution in [3.8, 4) is 0 Å². The summed E-state index contributed by atoms with van der Waals surface area (Å²) in [6.45, 7) is 3.49. The van der Waals surface area contributed by atoms with Gasteiger partial charge in [-0.3, -0.25) is 9.88 Å². The number of fused-ring (bicyclic) bond motifs is 1. The van der Waals surface area contributed by atoms with Gasteiger partial charge in [0.1, 0.15) is 0 Å². The molecule has 2 atom stereocenters. The molecule has 0 radical (unpaired) electrons. The van der Waals surface area contributed by atoms with E-state index in [4.69, 9.17) is 0 Å². The molecule has 0 spiro atoms. The van der Waals surface area contributed by atoms with E-state index < -0.39 is 0 Å². The molecule has 2 aliphatic rings. The lowest BCUT2D eigenvalue weighted by molar-refractivity contribution is 0.245. The van der Waals surface area contributed by atoms with Crippen molar-refractivity contribution in [1.82, 2.24) is 15.2 Å². The molecular weight excluding hydrogens is 293 g/mol.